The molecular weight excluding hydrogens is 282 g/mol. The number of anilines is 3. The Hall–Kier alpha value is -3.33. The molecular formula is C16H9N3O3. The van der Waals surface area contributed by atoms with Gasteiger partial charge in [-0.15, -0.1) is 0 Å². The highest BCUT2D eigenvalue weighted by molar-refractivity contribution is 6.10. The SMILES string of the molecule is N#CN1CN(c2coc3oc4occc4c23)c2ccccc21. The van der Waals surface area contributed by atoms with Crippen LogP contribution in [0.2, 0.25) is 0 Å². The zero-order valence-corrected chi connectivity index (χ0v) is 11.3. The van der Waals surface area contributed by atoms with E-state index >= 15 is 0 Å². The number of nitrogens with zero attached hydrogens (tertiary/aromatic N) is 3. The fraction of sp³-hybridized carbons (Fsp3) is 0.0625. The van der Waals surface area contributed by atoms with Crippen molar-refractivity contribution < 1.29 is 13.3 Å². The highest BCUT2D eigenvalue weighted by Crippen LogP contribution is 2.45. The maximum absolute atomic E-state index is 9.33. The third-order valence-electron chi connectivity index (χ3n) is 3.98. The number of fused-ring (bicyclic) bond motifs is 4. The van der Waals surface area contributed by atoms with Crippen LogP contribution in [0.15, 0.2) is 56.1 Å². The summed E-state index contributed by atoms with van der Waals surface area (Å²) in [6.45, 7) is 0.439. The lowest BCUT2D eigenvalue weighted by molar-refractivity contribution is 0.443. The van der Waals surface area contributed by atoms with Crippen molar-refractivity contribution in [2.75, 3.05) is 16.5 Å². The van der Waals surface area contributed by atoms with E-state index in [1.807, 2.05) is 35.2 Å². The van der Waals surface area contributed by atoms with Crippen molar-refractivity contribution in [1.29, 1.82) is 5.26 Å². The summed E-state index contributed by atoms with van der Waals surface area (Å²) >= 11 is 0. The van der Waals surface area contributed by atoms with Gasteiger partial charge in [-0.25, -0.2) is 0 Å². The molecule has 5 rings (SSSR count). The van der Waals surface area contributed by atoms with E-state index < -0.39 is 0 Å². The van der Waals surface area contributed by atoms with E-state index in [0.29, 0.717) is 18.2 Å². The van der Waals surface area contributed by atoms with Crippen LogP contribution in [0, 0.1) is 11.5 Å². The zero-order chi connectivity index (χ0) is 14.7. The molecule has 22 heavy (non-hydrogen) atoms. The van der Waals surface area contributed by atoms with Crippen molar-refractivity contribution in [2.45, 2.75) is 0 Å². The summed E-state index contributed by atoms with van der Waals surface area (Å²) in [6, 6.07) is 9.64. The molecule has 1 aromatic carbocycles. The van der Waals surface area contributed by atoms with Gasteiger partial charge < -0.3 is 18.2 Å². The van der Waals surface area contributed by atoms with Crippen molar-refractivity contribution in [2.24, 2.45) is 0 Å². The van der Waals surface area contributed by atoms with Gasteiger partial charge in [-0.05, 0) is 18.2 Å². The van der Waals surface area contributed by atoms with Crippen LogP contribution in [0.1, 0.15) is 0 Å². The molecule has 0 saturated carbocycles. The van der Waals surface area contributed by atoms with Gasteiger partial charge in [-0.3, -0.25) is 4.90 Å². The summed E-state index contributed by atoms with van der Waals surface area (Å²) in [4.78, 5) is 3.67. The lowest BCUT2D eigenvalue weighted by Gasteiger charge is -2.16. The van der Waals surface area contributed by atoms with Gasteiger partial charge in [0.25, 0.3) is 0 Å². The van der Waals surface area contributed by atoms with Crippen LogP contribution in [-0.2, 0) is 0 Å². The maximum atomic E-state index is 9.33. The molecule has 1 aliphatic heterocycles. The maximum Gasteiger partial charge on any atom is 0.302 e. The quantitative estimate of drug-likeness (QED) is 0.490. The highest BCUT2D eigenvalue weighted by atomic mass is 16.5. The van der Waals surface area contributed by atoms with Crippen LogP contribution in [-0.4, -0.2) is 6.67 Å². The second-order valence-corrected chi connectivity index (χ2v) is 5.09. The number of hydrogen-bond donors (Lipinski definition) is 0. The van der Waals surface area contributed by atoms with Crippen LogP contribution in [0.3, 0.4) is 0 Å². The largest absolute Gasteiger partial charge is 0.433 e. The first-order valence-electron chi connectivity index (χ1n) is 6.78. The highest BCUT2D eigenvalue weighted by Gasteiger charge is 2.30. The second-order valence-electron chi connectivity index (χ2n) is 5.09. The molecule has 6 nitrogen and oxygen atoms in total. The van der Waals surface area contributed by atoms with E-state index in [0.717, 1.165) is 27.8 Å². The van der Waals surface area contributed by atoms with Gasteiger partial charge >= 0.3 is 11.6 Å². The molecule has 106 valence electrons. The fourth-order valence-corrected chi connectivity index (χ4v) is 3.00. The monoisotopic (exact) mass is 291 g/mol. The number of rotatable bonds is 1. The Morgan fingerprint density at radius 1 is 1.00 bits per heavy atom. The molecule has 4 heterocycles. The standard InChI is InChI=1S/C16H9N3O3/c17-8-18-9-19(12-4-2-1-3-11(12)18)13-7-21-16-14(13)10-5-6-20-15(10)22-16/h1-7H,9H2. The summed E-state index contributed by atoms with van der Waals surface area (Å²) in [7, 11) is 0. The van der Waals surface area contributed by atoms with E-state index in [4.69, 9.17) is 13.3 Å². The van der Waals surface area contributed by atoms with Gasteiger partial charge in [0.2, 0.25) is 0 Å². The molecule has 0 aliphatic carbocycles. The van der Waals surface area contributed by atoms with E-state index in [2.05, 4.69) is 6.19 Å². The number of nitriles is 1. The van der Waals surface area contributed by atoms with E-state index in [1.54, 1.807) is 17.4 Å². The molecule has 3 aromatic heterocycles. The van der Waals surface area contributed by atoms with Gasteiger partial charge in [0.15, 0.2) is 6.19 Å². The minimum Gasteiger partial charge on any atom is -0.433 e. The lowest BCUT2D eigenvalue weighted by atomic mass is 10.2. The molecule has 6 heteroatoms. The third kappa shape index (κ3) is 1.27. The van der Waals surface area contributed by atoms with E-state index in [1.165, 1.54) is 0 Å². The van der Waals surface area contributed by atoms with Crippen LogP contribution in [0.25, 0.3) is 22.3 Å². The fourth-order valence-electron chi connectivity index (χ4n) is 3.00. The summed E-state index contributed by atoms with van der Waals surface area (Å²) in [5, 5.41) is 11.1. The number of benzene rings is 1. The van der Waals surface area contributed by atoms with Crippen LogP contribution in [0.5, 0.6) is 0 Å². The molecule has 0 bridgehead atoms. The first-order valence-corrected chi connectivity index (χ1v) is 6.78. The molecule has 0 spiro atoms. The lowest BCUT2D eigenvalue weighted by Crippen LogP contribution is -2.23. The zero-order valence-electron chi connectivity index (χ0n) is 11.3. The Balaban J connectivity index is 1.77. The summed E-state index contributed by atoms with van der Waals surface area (Å²) in [5.74, 6) is 0.873. The summed E-state index contributed by atoms with van der Waals surface area (Å²) < 4.78 is 16.3. The average Bonchev–Trinajstić information content (AvgIpc) is 3.26. The molecule has 0 atom stereocenters. The van der Waals surface area contributed by atoms with Gasteiger partial charge in [0.1, 0.15) is 12.9 Å². The number of para-hydroxylation sites is 2. The molecule has 0 amide bonds. The molecule has 4 aromatic rings. The van der Waals surface area contributed by atoms with E-state index in [-0.39, 0.29) is 0 Å². The minimum atomic E-state index is 0.428. The minimum absolute atomic E-state index is 0.428. The third-order valence-corrected chi connectivity index (χ3v) is 3.98. The van der Waals surface area contributed by atoms with Crippen molar-refractivity contribution in [3.63, 3.8) is 0 Å². The van der Waals surface area contributed by atoms with Gasteiger partial charge in [0, 0.05) is 0 Å². The Labute approximate surface area is 124 Å². The second kappa shape index (κ2) is 3.86. The Bertz CT molecular complexity index is 1050. The normalized spacial score (nSPS) is 14.0. The van der Waals surface area contributed by atoms with Gasteiger partial charge in [0.05, 0.1) is 34.1 Å². The Kier molecular flexibility index (Phi) is 1.99. The Morgan fingerprint density at radius 2 is 1.86 bits per heavy atom. The van der Waals surface area contributed by atoms with Crippen molar-refractivity contribution >= 4 is 39.4 Å². The summed E-state index contributed by atoms with van der Waals surface area (Å²) in [6.07, 6.45) is 5.44. The predicted octanol–water partition coefficient (Wildman–Crippen LogP) is 4.17. The molecule has 0 radical (unpaired) electrons. The topological polar surface area (TPSA) is 69.7 Å². The smallest absolute Gasteiger partial charge is 0.302 e. The van der Waals surface area contributed by atoms with Crippen LogP contribution < -0.4 is 9.80 Å². The first-order chi connectivity index (χ1) is 10.9. The molecule has 0 N–H and O–H groups in total. The van der Waals surface area contributed by atoms with Crippen molar-refractivity contribution in [1.82, 2.24) is 0 Å². The molecule has 1 aliphatic rings. The van der Waals surface area contributed by atoms with Gasteiger partial charge in [-0.1, -0.05) is 12.1 Å². The predicted molar refractivity (Wildman–Crippen MR) is 79.8 cm³/mol. The number of furan rings is 3. The van der Waals surface area contributed by atoms with Crippen LogP contribution >= 0.6 is 0 Å². The average molecular weight is 291 g/mol. The van der Waals surface area contributed by atoms with Gasteiger partial charge in [-0.2, -0.15) is 5.26 Å². The van der Waals surface area contributed by atoms with Crippen LogP contribution in [0.4, 0.5) is 17.1 Å². The summed E-state index contributed by atoms with van der Waals surface area (Å²) in [5.41, 5.74) is 2.70. The number of hydrogen-bond acceptors (Lipinski definition) is 6. The first kappa shape index (κ1) is 11.3. The van der Waals surface area contributed by atoms with Crippen molar-refractivity contribution in [3.05, 3.63) is 42.9 Å². The Morgan fingerprint density at radius 3 is 2.73 bits per heavy atom. The van der Waals surface area contributed by atoms with E-state index in [9.17, 15) is 5.26 Å². The molecule has 0 fully saturated rings. The molecule has 0 unspecified atom stereocenters. The molecule has 0 saturated heterocycles. The van der Waals surface area contributed by atoms with Crippen molar-refractivity contribution in [3.8, 4) is 6.19 Å².